The van der Waals surface area contributed by atoms with Gasteiger partial charge in [-0.1, -0.05) is 30.3 Å². The predicted molar refractivity (Wildman–Crippen MR) is 87.7 cm³/mol. The van der Waals surface area contributed by atoms with Crippen molar-refractivity contribution < 1.29 is 4.79 Å². The van der Waals surface area contributed by atoms with Crippen molar-refractivity contribution in [3.05, 3.63) is 59.7 Å². The lowest BCUT2D eigenvalue weighted by Gasteiger charge is -2.26. The van der Waals surface area contributed by atoms with Crippen LogP contribution in [0.3, 0.4) is 0 Å². The Labute approximate surface area is 129 Å². The number of thioether (sulfide) groups is 1. The zero-order valence-electron chi connectivity index (χ0n) is 11.9. The van der Waals surface area contributed by atoms with E-state index in [-0.39, 0.29) is 11.9 Å². The van der Waals surface area contributed by atoms with Gasteiger partial charge in [0.25, 0.3) is 0 Å². The number of carbonyl (C=O) groups excluding carboxylic acids is 1. The van der Waals surface area contributed by atoms with Crippen molar-refractivity contribution in [2.75, 3.05) is 18.1 Å². The second-order valence-electron chi connectivity index (χ2n) is 5.06. The predicted octanol–water partition coefficient (Wildman–Crippen LogP) is 3.23. The summed E-state index contributed by atoms with van der Waals surface area (Å²) in [5, 5.41) is 6.32. The third kappa shape index (κ3) is 3.12. The molecule has 0 spiro atoms. The Hall–Kier alpha value is -1.78. The summed E-state index contributed by atoms with van der Waals surface area (Å²) in [4.78, 5) is 13.7. The smallest absolute Gasteiger partial charge is 0.246 e. The van der Waals surface area contributed by atoms with Gasteiger partial charge in [-0.2, -0.15) is 0 Å². The molecule has 1 atom stereocenters. The average molecular weight is 298 g/mol. The zero-order chi connectivity index (χ0) is 14.7. The molecule has 1 aliphatic rings. The van der Waals surface area contributed by atoms with Gasteiger partial charge < -0.3 is 10.6 Å². The number of rotatable bonds is 3. The average Bonchev–Trinajstić information content (AvgIpc) is 2.54. The van der Waals surface area contributed by atoms with Gasteiger partial charge >= 0.3 is 0 Å². The minimum Gasteiger partial charge on any atom is -0.324 e. The Morgan fingerprint density at radius 2 is 2.10 bits per heavy atom. The lowest BCUT2D eigenvalue weighted by atomic mass is 9.94. The first kappa shape index (κ1) is 14.2. The fourth-order valence-corrected chi connectivity index (χ4v) is 3.11. The molecule has 21 heavy (non-hydrogen) atoms. The molecule has 3 nitrogen and oxygen atoms in total. The Morgan fingerprint density at radius 1 is 1.24 bits per heavy atom. The monoisotopic (exact) mass is 298 g/mol. The van der Waals surface area contributed by atoms with Gasteiger partial charge in [0.2, 0.25) is 5.91 Å². The fourth-order valence-electron chi connectivity index (χ4n) is 2.65. The van der Waals surface area contributed by atoms with Crippen LogP contribution in [0.25, 0.3) is 0 Å². The first-order valence-electron chi connectivity index (χ1n) is 7.04. The maximum absolute atomic E-state index is 12.5. The van der Waals surface area contributed by atoms with Gasteiger partial charge in [-0.3, -0.25) is 4.79 Å². The van der Waals surface area contributed by atoms with Gasteiger partial charge in [0.1, 0.15) is 6.04 Å². The number of benzene rings is 2. The first-order valence-corrected chi connectivity index (χ1v) is 8.26. The summed E-state index contributed by atoms with van der Waals surface area (Å²) in [5.74, 6) is 0.000373. The van der Waals surface area contributed by atoms with Crippen LogP contribution < -0.4 is 10.6 Å². The van der Waals surface area contributed by atoms with E-state index in [1.807, 2.05) is 48.7 Å². The highest BCUT2D eigenvalue weighted by Gasteiger charge is 2.25. The molecule has 0 saturated heterocycles. The minimum atomic E-state index is -0.270. The fraction of sp³-hybridized carbons (Fsp3) is 0.235. The summed E-state index contributed by atoms with van der Waals surface area (Å²) in [7, 11) is 0. The second kappa shape index (κ2) is 6.33. The van der Waals surface area contributed by atoms with Crippen LogP contribution in [0, 0.1) is 0 Å². The standard InChI is InChI=1S/C17H18N2OS/c1-21-14-7-4-6-13(11-14)19-17(20)16-15-8-3-2-5-12(15)9-10-18-16/h2-8,11,16,18H,9-10H2,1H3,(H,19,20). The van der Waals surface area contributed by atoms with Gasteiger partial charge in [0.15, 0.2) is 0 Å². The van der Waals surface area contributed by atoms with E-state index in [9.17, 15) is 4.79 Å². The topological polar surface area (TPSA) is 41.1 Å². The van der Waals surface area contributed by atoms with Crippen LogP contribution in [0.15, 0.2) is 53.4 Å². The van der Waals surface area contributed by atoms with Crippen molar-refractivity contribution in [1.82, 2.24) is 5.32 Å². The maximum Gasteiger partial charge on any atom is 0.246 e. The van der Waals surface area contributed by atoms with Crippen molar-refractivity contribution in [2.45, 2.75) is 17.4 Å². The molecular formula is C17H18N2OS. The third-order valence-corrected chi connectivity index (χ3v) is 4.43. The molecule has 1 aliphatic heterocycles. The van der Waals surface area contributed by atoms with Gasteiger partial charge in [-0.15, -0.1) is 11.8 Å². The van der Waals surface area contributed by atoms with Crippen LogP contribution in [0.4, 0.5) is 5.69 Å². The lowest BCUT2D eigenvalue weighted by molar-refractivity contribution is -0.118. The number of fused-ring (bicyclic) bond motifs is 1. The van der Waals surface area contributed by atoms with E-state index in [4.69, 9.17) is 0 Å². The summed E-state index contributed by atoms with van der Waals surface area (Å²) in [6.45, 7) is 0.833. The summed E-state index contributed by atoms with van der Waals surface area (Å²) in [6, 6.07) is 15.8. The van der Waals surface area contributed by atoms with E-state index in [1.54, 1.807) is 11.8 Å². The second-order valence-corrected chi connectivity index (χ2v) is 5.94. The van der Waals surface area contributed by atoms with Crippen molar-refractivity contribution >= 4 is 23.4 Å². The number of carbonyl (C=O) groups is 1. The van der Waals surface area contributed by atoms with Crippen LogP contribution in [0.5, 0.6) is 0 Å². The molecule has 2 aromatic rings. The molecule has 2 aromatic carbocycles. The van der Waals surface area contributed by atoms with Crippen LogP contribution >= 0.6 is 11.8 Å². The molecular weight excluding hydrogens is 280 g/mol. The quantitative estimate of drug-likeness (QED) is 0.855. The molecule has 1 unspecified atom stereocenters. The molecule has 108 valence electrons. The molecule has 4 heteroatoms. The molecule has 3 rings (SSSR count). The molecule has 0 aromatic heterocycles. The van der Waals surface area contributed by atoms with E-state index in [2.05, 4.69) is 16.7 Å². The summed E-state index contributed by atoms with van der Waals surface area (Å²) in [5.41, 5.74) is 3.19. The molecule has 0 aliphatic carbocycles. The Bertz CT molecular complexity index is 657. The molecule has 0 saturated carbocycles. The Balaban J connectivity index is 1.80. The number of hydrogen-bond acceptors (Lipinski definition) is 3. The summed E-state index contributed by atoms with van der Waals surface area (Å²) in [6.07, 6.45) is 3.00. The highest BCUT2D eigenvalue weighted by atomic mass is 32.2. The number of hydrogen-bond donors (Lipinski definition) is 2. The van der Waals surface area contributed by atoms with E-state index in [0.717, 1.165) is 29.1 Å². The van der Waals surface area contributed by atoms with Crippen molar-refractivity contribution in [2.24, 2.45) is 0 Å². The molecule has 0 bridgehead atoms. The van der Waals surface area contributed by atoms with Crippen LogP contribution in [-0.2, 0) is 11.2 Å². The molecule has 0 radical (unpaired) electrons. The van der Waals surface area contributed by atoms with Crippen LogP contribution in [0.1, 0.15) is 17.2 Å². The molecule has 1 heterocycles. The maximum atomic E-state index is 12.5. The van der Waals surface area contributed by atoms with Gasteiger partial charge in [-0.25, -0.2) is 0 Å². The number of anilines is 1. The third-order valence-electron chi connectivity index (χ3n) is 3.71. The normalized spacial score (nSPS) is 17.1. The van der Waals surface area contributed by atoms with Crippen molar-refractivity contribution in [3.8, 4) is 0 Å². The van der Waals surface area contributed by atoms with Crippen LogP contribution in [0.2, 0.25) is 0 Å². The first-order chi connectivity index (χ1) is 10.3. The van der Waals surface area contributed by atoms with E-state index >= 15 is 0 Å². The van der Waals surface area contributed by atoms with Crippen LogP contribution in [-0.4, -0.2) is 18.7 Å². The van der Waals surface area contributed by atoms with Crippen molar-refractivity contribution in [1.29, 1.82) is 0 Å². The minimum absolute atomic E-state index is 0.000373. The Kier molecular flexibility index (Phi) is 4.27. The van der Waals surface area contributed by atoms with E-state index in [1.165, 1.54) is 5.56 Å². The highest BCUT2D eigenvalue weighted by molar-refractivity contribution is 7.98. The van der Waals surface area contributed by atoms with Gasteiger partial charge in [0, 0.05) is 17.1 Å². The van der Waals surface area contributed by atoms with Gasteiger partial charge in [-0.05, 0) is 42.0 Å². The number of nitrogens with one attached hydrogen (secondary N) is 2. The summed E-state index contributed by atoms with van der Waals surface area (Å²) < 4.78 is 0. The molecule has 1 amide bonds. The zero-order valence-corrected chi connectivity index (χ0v) is 12.7. The Morgan fingerprint density at radius 3 is 2.95 bits per heavy atom. The highest BCUT2D eigenvalue weighted by Crippen LogP contribution is 2.25. The van der Waals surface area contributed by atoms with Gasteiger partial charge in [0.05, 0.1) is 0 Å². The molecule has 0 fully saturated rings. The number of amides is 1. The summed E-state index contributed by atoms with van der Waals surface area (Å²) >= 11 is 1.67. The largest absolute Gasteiger partial charge is 0.324 e. The SMILES string of the molecule is CSc1cccc(NC(=O)C2NCCc3ccccc32)c1. The molecule has 2 N–H and O–H groups in total. The van der Waals surface area contributed by atoms with E-state index in [0.29, 0.717) is 0 Å². The van der Waals surface area contributed by atoms with Crippen molar-refractivity contribution in [3.63, 3.8) is 0 Å². The van der Waals surface area contributed by atoms with E-state index < -0.39 is 0 Å². The lowest BCUT2D eigenvalue weighted by Crippen LogP contribution is -2.38.